The molecule has 0 unspecified atom stereocenters. The molecule has 0 bridgehead atoms. The number of carbonyl (C=O) groups is 1. The second kappa shape index (κ2) is 8.50. The fourth-order valence-corrected chi connectivity index (χ4v) is 3.68. The average molecular weight is 402 g/mol. The van der Waals surface area contributed by atoms with Gasteiger partial charge in [0.2, 0.25) is 0 Å². The van der Waals surface area contributed by atoms with Crippen LogP contribution in [0.15, 0.2) is 23.2 Å². The Bertz CT molecular complexity index is 818. The van der Waals surface area contributed by atoms with Crippen molar-refractivity contribution in [3.8, 4) is 0 Å². The zero-order valence-electron chi connectivity index (χ0n) is 15.1. The third-order valence-corrected chi connectivity index (χ3v) is 5.94. The van der Waals surface area contributed by atoms with Gasteiger partial charge in [0.15, 0.2) is 11.8 Å². The molecule has 150 valence electrons. The molecule has 1 aromatic rings. The van der Waals surface area contributed by atoms with Crippen LogP contribution >= 0.6 is 0 Å². The first kappa shape index (κ1) is 20.9. The van der Waals surface area contributed by atoms with Crippen molar-refractivity contribution < 1.29 is 22.3 Å². The summed E-state index contributed by atoms with van der Waals surface area (Å²) < 4.78 is 46.4. The molecular weight excluding hydrogens is 379 g/mol. The Morgan fingerprint density at radius 1 is 1.26 bits per heavy atom. The first-order valence-electron chi connectivity index (χ1n) is 8.09. The van der Waals surface area contributed by atoms with E-state index in [1.807, 2.05) is 0 Å². The molecule has 0 saturated carbocycles. The Morgan fingerprint density at radius 3 is 2.44 bits per heavy atom. The largest absolute Gasteiger partial charge is 0.443 e. The second-order valence-electron chi connectivity index (χ2n) is 6.02. The Hall–Kier alpha value is -2.44. The van der Waals surface area contributed by atoms with Crippen LogP contribution in [-0.2, 0) is 21.6 Å². The smallest absolute Gasteiger partial charge is 0.437 e. The van der Waals surface area contributed by atoms with Crippen LogP contribution in [0.25, 0.3) is 0 Å². The highest BCUT2D eigenvalue weighted by Crippen LogP contribution is 2.25. The monoisotopic (exact) mass is 402 g/mol. The van der Waals surface area contributed by atoms with Gasteiger partial charge in [0.05, 0.1) is 5.69 Å². The van der Waals surface area contributed by atoms with E-state index in [0.717, 1.165) is 4.31 Å². The molecule has 0 atom stereocenters. The van der Waals surface area contributed by atoms with Crippen molar-refractivity contribution in [2.75, 3.05) is 45.2 Å². The number of nitrogens with zero attached hydrogens (tertiary/aromatic N) is 4. The average Bonchev–Trinajstić information content (AvgIpc) is 2.60. The number of amides is 1. The Morgan fingerprint density at radius 2 is 1.89 bits per heavy atom. The van der Waals surface area contributed by atoms with E-state index < -0.39 is 28.1 Å². The molecule has 2 rings (SSSR count). The first-order chi connectivity index (χ1) is 12.6. The zero-order chi connectivity index (χ0) is 20.2. The summed E-state index contributed by atoms with van der Waals surface area (Å²) >= 11 is 0. The Labute approximate surface area is 157 Å². The van der Waals surface area contributed by atoms with Crippen molar-refractivity contribution in [1.29, 1.82) is 0 Å². The van der Waals surface area contributed by atoms with E-state index in [2.05, 4.69) is 4.99 Å². The summed E-state index contributed by atoms with van der Waals surface area (Å²) in [4.78, 5) is 16.3. The molecule has 12 heteroatoms. The lowest BCUT2D eigenvalue weighted by atomic mass is 10.1. The number of guanidine groups is 1. The molecule has 0 spiro atoms. The van der Waals surface area contributed by atoms with Crippen LogP contribution in [0.3, 0.4) is 0 Å². The van der Waals surface area contributed by atoms with Crippen LogP contribution < -0.4 is 16.4 Å². The third kappa shape index (κ3) is 5.05. The molecule has 1 aromatic carbocycles. The van der Waals surface area contributed by atoms with Crippen molar-refractivity contribution >= 4 is 27.9 Å². The van der Waals surface area contributed by atoms with E-state index in [1.54, 1.807) is 17.0 Å². The molecule has 1 amide bonds. The van der Waals surface area contributed by atoms with Gasteiger partial charge in [-0.3, -0.25) is 0 Å². The number of hydrogen-bond donors (Lipinski definition) is 2. The number of anilines is 1. The molecule has 1 heterocycles. The summed E-state index contributed by atoms with van der Waals surface area (Å²) in [5, 5.41) is 0. The number of hydrogen-bond acceptors (Lipinski definition) is 5. The fraction of sp³-hybridized carbons (Fsp3) is 0.467. The minimum atomic E-state index is -3.50. The summed E-state index contributed by atoms with van der Waals surface area (Å²) in [5.74, 6) is -0.987. The number of ether oxygens (including phenoxy) is 1. The lowest BCUT2D eigenvalue weighted by molar-refractivity contribution is 0.149. The van der Waals surface area contributed by atoms with Crippen LogP contribution in [0.1, 0.15) is 5.56 Å². The number of benzene rings is 1. The van der Waals surface area contributed by atoms with Crippen LogP contribution in [-0.4, -0.2) is 69.4 Å². The highest BCUT2D eigenvalue weighted by atomic mass is 32.2. The van der Waals surface area contributed by atoms with Gasteiger partial charge in [-0.15, -0.1) is 4.99 Å². The lowest BCUT2D eigenvalue weighted by Crippen LogP contribution is -2.51. The standard InChI is InChI=1S/C15H23FN6O4S/c1-20(2)27(24,25)22-8-6-21(7-9-22)12-5-3-4-11(13(12)16)10-26-15(23)19-14(17)18/h3-5H,6-10H2,1-2H3,(H4,17,18,19,23). The molecule has 0 aromatic heterocycles. The summed E-state index contributed by atoms with van der Waals surface area (Å²) in [6, 6.07) is 4.70. The summed E-state index contributed by atoms with van der Waals surface area (Å²) in [5.41, 5.74) is 10.6. The molecule has 1 saturated heterocycles. The molecule has 0 radical (unpaired) electrons. The predicted molar refractivity (Wildman–Crippen MR) is 98.8 cm³/mol. The minimum absolute atomic E-state index is 0.162. The molecule has 1 aliphatic rings. The third-order valence-electron chi connectivity index (χ3n) is 4.00. The van der Waals surface area contributed by atoms with E-state index in [9.17, 15) is 17.6 Å². The number of nitrogens with two attached hydrogens (primary N) is 2. The quantitative estimate of drug-likeness (QED) is 0.508. The maximum atomic E-state index is 14.8. The minimum Gasteiger partial charge on any atom is -0.443 e. The van der Waals surface area contributed by atoms with Crippen LogP contribution in [0.5, 0.6) is 0 Å². The van der Waals surface area contributed by atoms with E-state index in [4.69, 9.17) is 16.2 Å². The van der Waals surface area contributed by atoms with E-state index >= 15 is 0 Å². The molecule has 27 heavy (non-hydrogen) atoms. The normalized spacial score (nSPS) is 15.6. The zero-order valence-corrected chi connectivity index (χ0v) is 15.9. The van der Waals surface area contributed by atoms with Crippen LogP contribution in [0.2, 0.25) is 0 Å². The first-order valence-corrected chi connectivity index (χ1v) is 9.49. The van der Waals surface area contributed by atoms with Crippen LogP contribution in [0.4, 0.5) is 14.9 Å². The molecule has 4 N–H and O–H groups in total. The van der Waals surface area contributed by atoms with E-state index in [-0.39, 0.29) is 25.3 Å². The topological polar surface area (TPSA) is 135 Å². The predicted octanol–water partition coefficient (Wildman–Crippen LogP) is -0.336. The second-order valence-corrected chi connectivity index (χ2v) is 8.16. The van der Waals surface area contributed by atoms with Gasteiger partial charge in [-0.05, 0) is 6.07 Å². The van der Waals surface area contributed by atoms with Crippen LogP contribution in [0, 0.1) is 5.82 Å². The lowest BCUT2D eigenvalue weighted by Gasteiger charge is -2.36. The highest BCUT2D eigenvalue weighted by Gasteiger charge is 2.29. The number of aliphatic imine (C=N–C) groups is 1. The Kier molecular flexibility index (Phi) is 6.57. The van der Waals surface area contributed by atoms with E-state index in [1.165, 1.54) is 24.5 Å². The number of halogens is 1. The van der Waals surface area contributed by atoms with Gasteiger partial charge >= 0.3 is 6.09 Å². The van der Waals surface area contributed by atoms with Gasteiger partial charge in [0, 0.05) is 45.8 Å². The van der Waals surface area contributed by atoms with Gasteiger partial charge < -0.3 is 21.1 Å². The molecule has 1 aliphatic heterocycles. The SMILES string of the molecule is CN(C)S(=O)(=O)N1CCN(c2cccc(COC(=O)N=C(N)N)c2F)CC1. The van der Waals surface area contributed by atoms with Crippen molar-refractivity contribution in [3.05, 3.63) is 29.6 Å². The van der Waals surface area contributed by atoms with Gasteiger partial charge in [-0.25, -0.2) is 9.18 Å². The van der Waals surface area contributed by atoms with E-state index in [0.29, 0.717) is 18.8 Å². The van der Waals surface area contributed by atoms with Gasteiger partial charge in [-0.2, -0.15) is 17.0 Å². The highest BCUT2D eigenvalue weighted by molar-refractivity contribution is 7.86. The number of piperazine rings is 1. The van der Waals surface area contributed by atoms with Gasteiger partial charge in [0.1, 0.15) is 6.61 Å². The summed E-state index contributed by atoms with van der Waals surface area (Å²) in [7, 11) is -0.563. The van der Waals surface area contributed by atoms with Crippen molar-refractivity contribution in [2.45, 2.75) is 6.61 Å². The fourth-order valence-electron chi connectivity index (χ4n) is 2.59. The van der Waals surface area contributed by atoms with Gasteiger partial charge in [0.25, 0.3) is 10.2 Å². The molecule has 1 fully saturated rings. The number of rotatable bonds is 5. The maximum Gasteiger partial charge on any atom is 0.437 e. The van der Waals surface area contributed by atoms with Crippen molar-refractivity contribution in [1.82, 2.24) is 8.61 Å². The molecule has 10 nitrogen and oxygen atoms in total. The molecule has 0 aliphatic carbocycles. The van der Waals surface area contributed by atoms with Crippen molar-refractivity contribution in [3.63, 3.8) is 0 Å². The maximum absolute atomic E-state index is 14.8. The van der Waals surface area contributed by atoms with Gasteiger partial charge in [-0.1, -0.05) is 12.1 Å². The Balaban J connectivity index is 2.06. The van der Waals surface area contributed by atoms with Crippen molar-refractivity contribution in [2.24, 2.45) is 16.5 Å². The number of carbonyl (C=O) groups excluding carboxylic acids is 1. The molecular formula is C15H23FN6O4S. The summed E-state index contributed by atoms with van der Waals surface area (Å²) in [6.07, 6.45) is -1.01. The summed E-state index contributed by atoms with van der Waals surface area (Å²) in [6.45, 7) is 0.819.